The standard InChI is InChI=1S/C19H21ClN2O4/c1-13(2)26-17-9-8-14(10-18(17)24-3)11-21-22-19(23)12-25-16-7-5-4-6-15(16)20/h4-11,13H,12H2,1-3H3,(H,22,23). The summed E-state index contributed by atoms with van der Waals surface area (Å²) in [6.45, 7) is 3.69. The van der Waals surface area contributed by atoms with Crippen LogP contribution in [0.25, 0.3) is 0 Å². The Labute approximate surface area is 157 Å². The van der Waals surface area contributed by atoms with Crippen molar-refractivity contribution in [3.63, 3.8) is 0 Å². The Morgan fingerprint density at radius 3 is 2.65 bits per heavy atom. The van der Waals surface area contributed by atoms with Gasteiger partial charge >= 0.3 is 0 Å². The van der Waals surface area contributed by atoms with Crippen LogP contribution in [-0.2, 0) is 4.79 Å². The summed E-state index contributed by atoms with van der Waals surface area (Å²) < 4.78 is 16.3. The molecule has 0 saturated heterocycles. The summed E-state index contributed by atoms with van der Waals surface area (Å²) in [5.41, 5.74) is 3.15. The summed E-state index contributed by atoms with van der Waals surface area (Å²) in [6.07, 6.45) is 1.55. The topological polar surface area (TPSA) is 69.2 Å². The highest BCUT2D eigenvalue weighted by atomic mass is 35.5. The SMILES string of the molecule is COc1cc(C=NNC(=O)COc2ccccc2Cl)ccc1OC(C)C. The number of carbonyl (C=O) groups excluding carboxylic acids is 1. The third-order valence-corrected chi connectivity index (χ3v) is 3.46. The molecule has 2 aromatic carbocycles. The molecule has 0 aliphatic carbocycles. The molecule has 26 heavy (non-hydrogen) atoms. The number of hydrogen-bond acceptors (Lipinski definition) is 5. The first kappa shape index (κ1) is 19.6. The summed E-state index contributed by atoms with van der Waals surface area (Å²) in [5.74, 6) is 1.29. The molecule has 0 spiro atoms. The van der Waals surface area contributed by atoms with Crippen LogP contribution in [0.15, 0.2) is 47.6 Å². The van der Waals surface area contributed by atoms with Crippen LogP contribution in [0.3, 0.4) is 0 Å². The highest BCUT2D eigenvalue weighted by Gasteiger charge is 2.07. The number of amides is 1. The molecule has 0 atom stereocenters. The van der Waals surface area contributed by atoms with E-state index >= 15 is 0 Å². The van der Waals surface area contributed by atoms with Crippen molar-refractivity contribution in [2.45, 2.75) is 20.0 Å². The maximum atomic E-state index is 11.8. The Balaban J connectivity index is 1.89. The van der Waals surface area contributed by atoms with Crippen molar-refractivity contribution in [3.8, 4) is 17.2 Å². The number of rotatable bonds is 8. The Kier molecular flexibility index (Phi) is 7.29. The van der Waals surface area contributed by atoms with E-state index in [1.807, 2.05) is 19.9 Å². The first-order chi connectivity index (χ1) is 12.5. The van der Waals surface area contributed by atoms with Crippen molar-refractivity contribution >= 4 is 23.7 Å². The number of nitrogens with zero attached hydrogens (tertiary/aromatic N) is 1. The lowest BCUT2D eigenvalue weighted by Gasteiger charge is -2.13. The lowest BCUT2D eigenvalue weighted by molar-refractivity contribution is -0.123. The number of ether oxygens (including phenoxy) is 3. The van der Waals surface area contributed by atoms with Gasteiger partial charge in [0.1, 0.15) is 5.75 Å². The van der Waals surface area contributed by atoms with Gasteiger partial charge in [0.05, 0.1) is 24.5 Å². The zero-order valence-electron chi connectivity index (χ0n) is 14.9. The third kappa shape index (κ3) is 5.97. The van der Waals surface area contributed by atoms with E-state index < -0.39 is 5.91 Å². The third-order valence-electron chi connectivity index (χ3n) is 3.15. The molecule has 0 aliphatic heterocycles. The molecular weight excluding hydrogens is 356 g/mol. The van der Waals surface area contributed by atoms with Crippen LogP contribution in [0.5, 0.6) is 17.2 Å². The lowest BCUT2D eigenvalue weighted by atomic mass is 10.2. The number of carbonyl (C=O) groups is 1. The monoisotopic (exact) mass is 376 g/mol. The van der Waals surface area contributed by atoms with Crippen LogP contribution in [-0.4, -0.2) is 31.9 Å². The number of hydrogen-bond donors (Lipinski definition) is 1. The first-order valence-electron chi connectivity index (χ1n) is 8.03. The van der Waals surface area contributed by atoms with E-state index in [1.165, 1.54) is 6.21 Å². The van der Waals surface area contributed by atoms with Gasteiger partial charge in [0, 0.05) is 0 Å². The highest BCUT2D eigenvalue weighted by Crippen LogP contribution is 2.28. The summed E-state index contributed by atoms with van der Waals surface area (Å²) in [7, 11) is 1.57. The van der Waals surface area contributed by atoms with E-state index in [1.54, 1.807) is 43.5 Å². The van der Waals surface area contributed by atoms with Crippen molar-refractivity contribution < 1.29 is 19.0 Å². The highest BCUT2D eigenvalue weighted by molar-refractivity contribution is 6.32. The molecule has 0 aliphatic rings. The van der Waals surface area contributed by atoms with E-state index in [-0.39, 0.29) is 12.7 Å². The Bertz CT molecular complexity index is 778. The molecule has 138 valence electrons. The van der Waals surface area contributed by atoms with Crippen molar-refractivity contribution in [2.24, 2.45) is 5.10 Å². The normalized spacial score (nSPS) is 10.8. The Hall–Kier alpha value is -2.73. The van der Waals surface area contributed by atoms with Gasteiger partial charge < -0.3 is 14.2 Å². The van der Waals surface area contributed by atoms with E-state index in [0.717, 1.165) is 5.56 Å². The fourth-order valence-electron chi connectivity index (χ4n) is 2.03. The van der Waals surface area contributed by atoms with Gasteiger partial charge in [0.25, 0.3) is 5.91 Å². The van der Waals surface area contributed by atoms with E-state index in [0.29, 0.717) is 22.3 Å². The lowest BCUT2D eigenvalue weighted by Crippen LogP contribution is -2.24. The van der Waals surface area contributed by atoms with Gasteiger partial charge in [-0.15, -0.1) is 0 Å². The minimum atomic E-state index is -0.395. The number of benzene rings is 2. The van der Waals surface area contributed by atoms with E-state index in [2.05, 4.69) is 10.5 Å². The van der Waals surface area contributed by atoms with Gasteiger partial charge in [-0.1, -0.05) is 23.7 Å². The zero-order chi connectivity index (χ0) is 18.9. The van der Waals surface area contributed by atoms with Crippen LogP contribution >= 0.6 is 11.6 Å². The molecule has 6 nitrogen and oxygen atoms in total. The fourth-order valence-corrected chi connectivity index (χ4v) is 2.22. The zero-order valence-corrected chi connectivity index (χ0v) is 15.6. The number of nitrogens with one attached hydrogen (secondary N) is 1. The van der Waals surface area contributed by atoms with Gasteiger partial charge in [-0.2, -0.15) is 5.10 Å². The predicted molar refractivity (Wildman–Crippen MR) is 101 cm³/mol. The van der Waals surface area contributed by atoms with Crippen molar-refractivity contribution in [1.82, 2.24) is 5.43 Å². The number of para-hydroxylation sites is 1. The molecule has 0 unspecified atom stereocenters. The van der Waals surface area contributed by atoms with Crippen LogP contribution in [0.4, 0.5) is 0 Å². The molecular formula is C19H21ClN2O4. The first-order valence-corrected chi connectivity index (χ1v) is 8.41. The second kappa shape index (κ2) is 9.68. The molecule has 7 heteroatoms. The summed E-state index contributed by atoms with van der Waals surface area (Å²) >= 11 is 5.96. The van der Waals surface area contributed by atoms with Gasteiger partial charge in [-0.05, 0) is 49.7 Å². The predicted octanol–water partition coefficient (Wildman–Crippen LogP) is 3.66. The molecule has 1 amide bonds. The molecule has 2 rings (SSSR count). The molecule has 0 fully saturated rings. The maximum Gasteiger partial charge on any atom is 0.277 e. The Morgan fingerprint density at radius 1 is 1.19 bits per heavy atom. The fraction of sp³-hybridized carbons (Fsp3) is 0.263. The molecule has 1 N–H and O–H groups in total. The second-order valence-corrected chi connectivity index (χ2v) is 6.00. The second-order valence-electron chi connectivity index (χ2n) is 5.59. The van der Waals surface area contributed by atoms with Crippen LogP contribution in [0.1, 0.15) is 19.4 Å². The van der Waals surface area contributed by atoms with Gasteiger partial charge in [0.2, 0.25) is 0 Å². The average Bonchev–Trinajstić information content (AvgIpc) is 2.61. The van der Waals surface area contributed by atoms with Crippen molar-refractivity contribution in [1.29, 1.82) is 0 Å². The van der Waals surface area contributed by atoms with E-state index in [9.17, 15) is 4.79 Å². The van der Waals surface area contributed by atoms with Crippen LogP contribution in [0.2, 0.25) is 5.02 Å². The summed E-state index contributed by atoms with van der Waals surface area (Å²) in [6, 6.07) is 12.3. The van der Waals surface area contributed by atoms with Gasteiger partial charge in [-0.25, -0.2) is 5.43 Å². The van der Waals surface area contributed by atoms with Crippen LogP contribution in [0, 0.1) is 0 Å². The molecule has 2 aromatic rings. The Morgan fingerprint density at radius 2 is 1.96 bits per heavy atom. The van der Waals surface area contributed by atoms with E-state index in [4.69, 9.17) is 25.8 Å². The van der Waals surface area contributed by atoms with Crippen molar-refractivity contribution in [3.05, 3.63) is 53.1 Å². The summed E-state index contributed by atoms with van der Waals surface area (Å²) in [5, 5.41) is 4.35. The minimum Gasteiger partial charge on any atom is -0.493 e. The largest absolute Gasteiger partial charge is 0.493 e. The van der Waals surface area contributed by atoms with Crippen molar-refractivity contribution in [2.75, 3.05) is 13.7 Å². The molecule has 0 bridgehead atoms. The maximum absolute atomic E-state index is 11.8. The smallest absolute Gasteiger partial charge is 0.277 e. The molecule has 0 radical (unpaired) electrons. The number of hydrazone groups is 1. The average molecular weight is 377 g/mol. The number of methoxy groups -OCH3 is 1. The molecule has 0 aromatic heterocycles. The quantitative estimate of drug-likeness (QED) is 0.563. The number of halogens is 1. The molecule has 0 saturated carbocycles. The van der Waals surface area contributed by atoms with Gasteiger partial charge in [-0.3, -0.25) is 4.79 Å². The molecule has 0 heterocycles. The van der Waals surface area contributed by atoms with Crippen LogP contribution < -0.4 is 19.6 Å². The minimum absolute atomic E-state index is 0.0424. The van der Waals surface area contributed by atoms with Gasteiger partial charge in [0.15, 0.2) is 18.1 Å². The summed E-state index contributed by atoms with van der Waals surface area (Å²) in [4.78, 5) is 11.8.